The van der Waals surface area contributed by atoms with Crippen molar-refractivity contribution in [1.82, 2.24) is 0 Å². The summed E-state index contributed by atoms with van der Waals surface area (Å²) in [5.41, 5.74) is 2.18. The summed E-state index contributed by atoms with van der Waals surface area (Å²) < 4.78 is 10.8. The zero-order valence-electron chi connectivity index (χ0n) is 20.9. The van der Waals surface area contributed by atoms with Gasteiger partial charge in [0, 0.05) is 10.6 Å². The third kappa shape index (κ3) is 5.86. The first-order valence-electron chi connectivity index (χ1n) is 12.1. The average Bonchev–Trinajstić information content (AvgIpc) is 3.13. The summed E-state index contributed by atoms with van der Waals surface area (Å²) in [7, 11) is 0. The van der Waals surface area contributed by atoms with Crippen LogP contribution in [0.2, 0.25) is 0 Å². The smallest absolute Gasteiger partial charge is 0.340 e. The van der Waals surface area contributed by atoms with Crippen molar-refractivity contribution in [1.29, 1.82) is 0 Å². The Morgan fingerprint density at radius 3 is 2.30 bits per heavy atom. The van der Waals surface area contributed by atoms with Gasteiger partial charge in [-0.1, -0.05) is 48.5 Å². The zero-order valence-corrected chi connectivity index (χ0v) is 21.8. The zero-order chi connectivity index (χ0) is 26.4. The largest absolute Gasteiger partial charge is 0.494 e. The molecule has 0 bridgehead atoms. The molecule has 3 aromatic carbocycles. The Balaban J connectivity index is 1.72. The Morgan fingerprint density at radius 1 is 0.919 bits per heavy atom. The van der Waals surface area contributed by atoms with Gasteiger partial charge >= 0.3 is 5.97 Å². The lowest BCUT2D eigenvalue weighted by atomic mass is 10.1. The van der Waals surface area contributed by atoms with Crippen LogP contribution in [0.25, 0.3) is 0 Å². The summed E-state index contributed by atoms with van der Waals surface area (Å²) in [5.74, 6) is -0.950. The first-order valence-corrected chi connectivity index (χ1v) is 12.9. The van der Waals surface area contributed by atoms with Gasteiger partial charge in [-0.05, 0) is 68.8 Å². The first-order chi connectivity index (χ1) is 17.9. The molecule has 4 rings (SSSR count). The Labute approximate surface area is 220 Å². The van der Waals surface area contributed by atoms with Gasteiger partial charge < -0.3 is 14.8 Å². The number of ether oxygens (including phenoxy) is 2. The number of rotatable bonds is 10. The fourth-order valence-corrected chi connectivity index (χ4v) is 4.64. The van der Waals surface area contributed by atoms with Crippen LogP contribution in [0.15, 0.2) is 88.3 Å². The van der Waals surface area contributed by atoms with Crippen LogP contribution < -0.4 is 15.0 Å². The fraction of sp³-hybridized carbons (Fsp3) is 0.207. The molecule has 1 heterocycles. The van der Waals surface area contributed by atoms with Gasteiger partial charge in [0.15, 0.2) is 0 Å². The molecule has 1 N–H and O–H groups in total. The average molecular weight is 517 g/mol. The number of imide groups is 1. The van der Waals surface area contributed by atoms with Crippen molar-refractivity contribution in [2.45, 2.75) is 32.1 Å². The number of benzene rings is 3. The van der Waals surface area contributed by atoms with Crippen molar-refractivity contribution in [3.8, 4) is 5.75 Å². The predicted octanol–water partition coefficient (Wildman–Crippen LogP) is 5.95. The molecule has 7 nitrogen and oxygen atoms in total. The van der Waals surface area contributed by atoms with E-state index in [4.69, 9.17) is 9.47 Å². The van der Waals surface area contributed by atoms with Crippen molar-refractivity contribution < 1.29 is 23.9 Å². The number of aryl methyl sites for hydroxylation is 1. The maximum Gasteiger partial charge on any atom is 0.340 e. The molecule has 37 heavy (non-hydrogen) atoms. The van der Waals surface area contributed by atoms with Gasteiger partial charge in [0.05, 0.1) is 24.5 Å². The third-order valence-electron chi connectivity index (χ3n) is 5.52. The quantitative estimate of drug-likeness (QED) is 0.263. The van der Waals surface area contributed by atoms with Crippen molar-refractivity contribution in [2.75, 3.05) is 23.4 Å². The number of hydrogen-bond acceptors (Lipinski definition) is 7. The first kappa shape index (κ1) is 26.0. The Morgan fingerprint density at radius 2 is 1.62 bits per heavy atom. The van der Waals surface area contributed by atoms with Crippen molar-refractivity contribution >= 4 is 40.9 Å². The van der Waals surface area contributed by atoms with Gasteiger partial charge in [-0.15, -0.1) is 0 Å². The lowest BCUT2D eigenvalue weighted by Crippen LogP contribution is -2.33. The fourth-order valence-electron chi connectivity index (χ4n) is 3.72. The number of esters is 1. The van der Waals surface area contributed by atoms with Crippen LogP contribution in [0.1, 0.15) is 36.2 Å². The molecule has 0 atom stereocenters. The molecule has 190 valence electrons. The number of para-hydroxylation sites is 1. The summed E-state index contributed by atoms with van der Waals surface area (Å²) >= 11 is 1.20. The molecule has 0 saturated carbocycles. The lowest BCUT2D eigenvalue weighted by molar-refractivity contribution is -0.120. The summed E-state index contributed by atoms with van der Waals surface area (Å²) in [6.45, 7) is 6.56. The van der Waals surface area contributed by atoms with E-state index in [0.29, 0.717) is 24.5 Å². The molecule has 0 aromatic heterocycles. The van der Waals surface area contributed by atoms with E-state index in [1.165, 1.54) is 11.8 Å². The second-order valence-corrected chi connectivity index (χ2v) is 9.38. The van der Waals surface area contributed by atoms with Crippen LogP contribution in [0.4, 0.5) is 11.4 Å². The van der Waals surface area contributed by atoms with Crippen molar-refractivity contribution in [2.24, 2.45) is 0 Å². The number of nitrogens with one attached hydrogen (secondary N) is 1. The second-order valence-electron chi connectivity index (χ2n) is 8.30. The highest BCUT2D eigenvalue weighted by Gasteiger charge is 2.41. The SMILES string of the molecule is CCCOC(=O)c1ccccc1N1C(=O)C(Nc2ccc(OCC)cc2)=C(Sc2ccc(C)cc2)C1=O. The normalized spacial score (nSPS) is 13.2. The standard InChI is InChI=1S/C29H28N2O5S/c1-4-18-36-29(34)23-8-6-7-9-24(23)31-27(32)25(30-20-12-14-21(15-13-20)35-5-2)26(28(31)33)37-22-16-10-19(3)11-17-22/h6-17,30H,4-5,18H2,1-3H3. The maximum atomic E-state index is 13.7. The summed E-state index contributed by atoms with van der Waals surface area (Å²) in [5, 5.41) is 3.13. The van der Waals surface area contributed by atoms with Crippen LogP contribution in [0, 0.1) is 6.92 Å². The minimum atomic E-state index is -0.585. The van der Waals surface area contributed by atoms with Gasteiger partial charge in [0.25, 0.3) is 11.8 Å². The molecule has 1 aliphatic heterocycles. The highest BCUT2D eigenvalue weighted by atomic mass is 32.2. The number of anilines is 2. The Kier molecular flexibility index (Phi) is 8.30. The molecule has 8 heteroatoms. The molecule has 1 aliphatic rings. The molecule has 0 saturated heterocycles. The van der Waals surface area contributed by atoms with Crippen LogP contribution in [-0.4, -0.2) is 31.0 Å². The number of amides is 2. The highest BCUT2D eigenvalue weighted by molar-refractivity contribution is 8.04. The van der Waals surface area contributed by atoms with Crippen molar-refractivity contribution in [3.05, 3.63) is 94.5 Å². The predicted molar refractivity (Wildman–Crippen MR) is 145 cm³/mol. The third-order valence-corrected chi connectivity index (χ3v) is 6.61. The molecule has 3 aromatic rings. The van der Waals surface area contributed by atoms with Gasteiger partial charge in [0.2, 0.25) is 0 Å². The molecule has 0 fully saturated rings. The van der Waals surface area contributed by atoms with Crippen molar-refractivity contribution in [3.63, 3.8) is 0 Å². The Hall–Kier alpha value is -4.04. The minimum Gasteiger partial charge on any atom is -0.494 e. The molecule has 0 radical (unpaired) electrons. The Bertz CT molecular complexity index is 1330. The van der Waals surface area contributed by atoms with Gasteiger partial charge in [-0.25, -0.2) is 9.69 Å². The molecule has 0 unspecified atom stereocenters. The van der Waals surface area contributed by atoms with E-state index in [0.717, 1.165) is 15.4 Å². The second kappa shape index (κ2) is 11.8. The lowest BCUT2D eigenvalue weighted by Gasteiger charge is -2.18. The summed E-state index contributed by atoms with van der Waals surface area (Å²) in [6.07, 6.45) is 0.657. The maximum absolute atomic E-state index is 13.7. The van der Waals surface area contributed by atoms with E-state index in [9.17, 15) is 14.4 Å². The molecular weight excluding hydrogens is 488 g/mol. The van der Waals surface area contributed by atoms with Crippen LogP contribution in [0.5, 0.6) is 5.75 Å². The molecular formula is C29H28N2O5S. The summed E-state index contributed by atoms with van der Waals surface area (Å²) in [6, 6.07) is 21.3. The van der Waals surface area contributed by atoms with Gasteiger partial charge in [0.1, 0.15) is 16.4 Å². The number of carbonyl (C=O) groups excluding carboxylic acids is 3. The topological polar surface area (TPSA) is 84.9 Å². The van der Waals surface area contributed by atoms with E-state index in [-0.39, 0.29) is 28.5 Å². The van der Waals surface area contributed by atoms with E-state index >= 15 is 0 Å². The highest BCUT2D eigenvalue weighted by Crippen LogP contribution is 2.39. The van der Waals surface area contributed by atoms with Crippen LogP contribution >= 0.6 is 11.8 Å². The van der Waals surface area contributed by atoms with E-state index in [2.05, 4.69) is 5.32 Å². The summed E-state index contributed by atoms with van der Waals surface area (Å²) in [4.78, 5) is 42.3. The minimum absolute atomic E-state index is 0.136. The monoisotopic (exact) mass is 516 g/mol. The van der Waals surface area contributed by atoms with E-state index in [1.807, 2.05) is 45.0 Å². The van der Waals surface area contributed by atoms with Crippen LogP contribution in [0.3, 0.4) is 0 Å². The van der Waals surface area contributed by atoms with E-state index < -0.39 is 17.8 Å². The molecule has 2 amide bonds. The number of thioether (sulfide) groups is 1. The van der Waals surface area contributed by atoms with Gasteiger partial charge in [-0.3, -0.25) is 9.59 Å². The number of hydrogen-bond donors (Lipinski definition) is 1. The van der Waals surface area contributed by atoms with Gasteiger partial charge in [-0.2, -0.15) is 0 Å². The number of nitrogens with zero attached hydrogens (tertiary/aromatic N) is 1. The van der Waals surface area contributed by atoms with E-state index in [1.54, 1.807) is 48.5 Å². The molecule has 0 aliphatic carbocycles. The number of carbonyl (C=O) groups is 3. The van der Waals surface area contributed by atoms with Crippen LogP contribution in [-0.2, 0) is 14.3 Å². The molecule has 0 spiro atoms.